The Balaban J connectivity index is 1.79. The van der Waals surface area contributed by atoms with Crippen LogP contribution in [0.3, 0.4) is 0 Å². The second-order valence-corrected chi connectivity index (χ2v) is 4.31. The van der Waals surface area contributed by atoms with E-state index in [1.54, 1.807) is 0 Å². The molecule has 70 valence electrons. The van der Waals surface area contributed by atoms with Crippen molar-refractivity contribution in [2.75, 3.05) is 12.3 Å². The Kier molecular flexibility index (Phi) is 3.22. The monoisotopic (exact) mass is 194 g/mol. The number of nitrogens with zero attached hydrogens (tertiary/aromatic N) is 1. The molecule has 1 aromatic rings. The van der Waals surface area contributed by atoms with Crippen molar-refractivity contribution in [3.63, 3.8) is 0 Å². The second-order valence-electron chi connectivity index (χ2n) is 3.27. The molecule has 1 atom stereocenters. The van der Waals surface area contributed by atoms with Gasteiger partial charge >= 0.3 is 0 Å². The quantitative estimate of drug-likeness (QED) is 0.744. The van der Waals surface area contributed by atoms with Gasteiger partial charge in [0.25, 0.3) is 0 Å². The van der Waals surface area contributed by atoms with Gasteiger partial charge < -0.3 is 5.32 Å². The Morgan fingerprint density at radius 3 is 3.23 bits per heavy atom. The highest BCUT2D eigenvalue weighted by molar-refractivity contribution is 7.99. The first-order chi connectivity index (χ1) is 6.45. The number of hydrogen-bond acceptors (Lipinski definition) is 3. The minimum atomic E-state index is 0.701. The molecule has 0 spiro atoms. The molecule has 1 unspecified atom stereocenters. The summed E-state index contributed by atoms with van der Waals surface area (Å²) in [7, 11) is 0. The Bertz CT molecular complexity index is 244. The summed E-state index contributed by atoms with van der Waals surface area (Å²) < 4.78 is 0. The molecule has 13 heavy (non-hydrogen) atoms. The average molecular weight is 194 g/mol. The zero-order valence-corrected chi connectivity index (χ0v) is 8.39. The molecule has 1 aliphatic rings. The van der Waals surface area contributed by atoms with Gasteiger partial charge in [-0.1, -0.05) is 6.07 Å². The molecule has 2 heterocycles. The van der Waals surface area contributed by atoms with Gasteiger partial charge in [-0.25, -0.2) is 4.98 Å². The Morgan fingerprint density at radius 2 is 2.54 bits per heavy atom. The molecule has 1 saturated heterocycles. The van der Waals surface area contributed by atoms with E-state index in [0.29, 0.717) is 6.04 Å². The van der Waals surface area contributed by atoms with Crippen molar-refractivity contribution >= 4 is 11.8 Å². The van der Waals surface area contributed by atoms with E-state index in [1.165, 1.54) is 19.4 Å². The lowest BCUT2D eigenvalue weighted by atomic mass is 10.3. The standard InChI is InChI=1S/C10H14N2S/c1-2-6-12-10(5-1)13-8-9-4-3-7-11-9/h1-2,5-6,9,11H,3-4,7-8H2. The van der Waals surface area contributed by atoms with E-state index >= 15 is 0 Å². The van der Waals surface area contributed by atoms with Gasteiger partial charge in [0.1, 0.15) is 0 Å². The molecule has 0 aromatic carbocycles. The summed E-state index contributed by atoms with van der Waals surface area (Å²) >= 11 is 1.84. The summed E-state index contributed by atoms with van der Waals surface area (Å²) in [6.45, 7) is 1.19. The van der Waals surface area contributed by atoms with Crippen LogP contribution in [0.2, 0.25) is 0 Å². The van der Waals surface area contributed by atoms with Gasteiger partial charge in [-0.15, -0.1) is 11.8 Å². The van der Waals surface area contributed by atoms with E-state index in [-0.39, 0.29) is 0 Å². The minimum absolute atomic E-state index is 0.701. The highest BCUT2D eigenvalue weighted by Crippen LogP contribution is 2.18. The molecule has 1 aromatic heterocycles. The topological polar surface area (TPSA) is 24.9 Å². The van der Waals surface area contributed by atoms with E-state index in [1.807, 2.05) is 30.1 Å². The zero-order valence-electron chi connectivity index (χ0n) is 7.57. The molecular formula is C10H14N2S. The molecule has 0 radical (unpaired) electrons. The summed E-state index contributed by atoms with van der Waals surface area (Å²) in [6, 6.07) is 6.77. The maximum Gasteiger partial charge on any atom is 0.0960 e. The maximum absolute atomic E-state index is 4.27. The third-order valence-electron chi connectivity index (χ3n) is 2.23. The van der Waals surface area contributed by atoms with Crippen LogP contribution in [-0.4, -0.2) is 23.3 Å². The third kappa shape index (κ3) is 2.71. The van der Waals surface area contributed by atoms with E-state index < -0.39 is 0 Å². The van der Waals surface area contributed by atoms with E-state index in [9.17, 15) is 0 Å². The fourth-order valence-electron chi connectivity index (χ4n) is 1.52. The van der Waals surface area contributed by atoms with Crippen LogP contribution in [0.4, 0.5) is 0 Å². The van der Waals surface area contributed by atoms with Crippen molar-refractivity contribution in [3.05, 3.63) is 24.4 Å². The fraction of sp³-hybridized carbons (Fsp3) is 0.500. The maximum atomic E-state index is 4.27. The summed E-state index contributed by atoms with van der Waals surface area (Å²) in [6.07, 6.45) is 4.50. The number of rotatable bonds is 3. The number of thioether (sulfide) groups is 1. The minimum Gasteiger partial charge on any atom is -0.313 e. The summed E-state index contributed by atoms with van der Waals surface area (Å²) in [5, 5.41) is 4.61. The van der Waals surface area contributed by atoms with Crippen molar-refractivity contribution in [2.24, 2.45) is 0 Å². The average Bonchev–Trinajstić information content (AvgIpc) is 2.69. The first kappa shape index (κ1) is 9.03. The van der Waals surface area contributed by atoms with Crippen molar-refractivity contribution in [3.8, 4) is 0 Å². The van der Waals surface area contributed by atoms with Crippen molar-refractivity contribution in [2.45, 2.75) is 23.9 Å². The van der Waals surface area contributed by atoms with Gasteiger partial charge in [-0.2, -0.15) is 0 Å². The molecule has 0 aliphatic carbocycles. The Morgan fingerprint density at radius 1 is 1.54 bits per heavy atom. The van der Waals surface area contributed by atoms with Gasteiger partial charge in [0.2, 0.25) is 0 Å². The highest BCUT2D eigenvalue weighted by Gasteiger charge is 2.13. The molecule has 0 amide bonds. The molecular weight excluding hydrogens is 180 g/mol. The largest absolute Gasteiger partial charge is 0.313 e. The van der Waals surface area contributed by atoms with Crippen LogP contribution >= 0.6 is 11.8 Å². The second kappa shape index (κ2) is 4.63. The molecule has 1 aliphatic heterocycles. The predicted molar refractivity (Wildman–Crippen MR) is 56.0 cm³/mol. The summed E-state index contributed by atoms with van der Waals surface area (Å²) in [4.78, 5) is 4.27. The van der Waals surface area contributed by atoms with Gasteiger partial charge in [-0.3, -0.25) is 0 Å². The lowest BCUT2D eigenvalue weighted by Crippen LogP contribution is -2.23. The lowest BCUT2D eigenvalue weighted by molar-refractivity contribution is 0.673. The van der Waals surface area contributed by atoms with Gasteiger partial charge in [0.05, 0.1) is 5.03 Å². The molecule has 0 saturated carbocycles. The SMILES string of the molecule is c1ccc(SCC2CCCN2)nc1. The van der Waals surface area contributed by atoms with Gasteiger partial charge in [0, 0.05) is 18.0 Å². The van der Waals surface area contributed by atoms with Crippen LogP contribution in [0, 0.1) is 0 Å². The summed E-state index contributed by atoms with van der Waals surface area (Å²) in [5.74, 6) is 1.15. The number of nitrogens with one attached hydrogen (secondary N) is 1. The smallest absolute Gasteiger partial charge is 0.0960 e. The molecule has 2 nitrogen and oxygen atoms in total. The molecule has 2 rings (SSSR count). The van der Waals surface area contributed by atoms with Crippen LogP contribution in [-0.2, 0) is 0 Å². The number of pyridine rings is 1. The molecule has 1 N–H and O–H groups in total. The number of aromatic nitrogens is 1. The number of hydrogen-bond donors (Lipinski definition) is 1. The molecule has 0 bridgehead atoms. The Labute approximate surface area is 83.1 Å². The van der Waals surface area contributed by atoms with Gasteiger partial charge in [-0.05, 0) is 31.5 Å². The molecule has 3 heteroatoms. The van der Waals surface area contributed by atoms with Gasteiger partial charge in [0.15, 0.2) is 0 Å². The lowest BCUT2D eigenvalue weighted by Gasteiger charge is -2.07. The first-order valence-electron chi connectivity index (χ1n) is 4.72. The Hall–Kier alpha value is -0.540. The fourth-order valence-corrected chi connectivity index (χ4v) is 2.48. The zero-order chi connectivity index (χ0) is 8.93. The summed E-state index contributed by atoms with van der Waals surface area (Å²) in [5.41, 5.74) is 0. The third-order valence-corrected chi connectivity index (χ3v) is 3.34. The van der Waals surface area contributed by atoms with Crippen molar-refractivity contribution in [1.29, 1.82) is 0 Å². The molecule has 1 fully saturated rings. The predicted octanol–water partition coefficient (Wildman–Crippen LogP) is 1.93. The highest BCUT2D eigenvalue weighted by atomic mass is 32.2. The van der Waals surface area contributed by atoms with E-state index in [0.717, 1.165) is 10.8 Å². The normalized spacial score (nSPS) is 22.0. The van der Waals surface area contributed by atoms with Crippen LogP contribution in [0.15, 0.2) is 29.4 Å². The van der Waals surface area contributed by atoms with E-state index in [4.69, 9.17) is 0 Å². The van der Waals surface area contributed by atoms with E-state index in [2.05, 4.69) is 16.4 Å². The van der Waals surface area contributed by atoms with Crippen molar-refractivity contribution < 1.29 is 0 Å². The van der Waals surface area contributed by atoms with Crippen LogP contribution in [0.1, 0.15) is 12.8 Å². The van der Waals surface area contributed by atoms with Crippen LogP contribution in [0.25, 0.3) is 0 Å². The van der Waals surface area contributed by atoms with Crippen LogP contribution < -0.4 is 5.32 Å². The van der Waals surface area contributed by atoms with Crippen molar-refractivity contribution in [1.82, 2.24) is 10.3 Å². The van der Waals surface area contributed by atoms with Crippen LogP contribution in [0.5, 0.6) is 0 Å². The first-order valence-corrected chi connectivity index (χ1v) is 5.71.